The van der Waals surface area contributed by atoms with Crippen molar-refractivity contribution in [2.75, 3.05) is 31.6 Å². The van der Waals surface area contributed by atoms with Gasteiger partial charge in [-0.15, -0.1) is 0 Å². The number of nitrogens with zero attached hydrogens (tertiary/aromatic N) is 1. The summed E-state index contributed by atoms with van der Waals surface area (Å²) in [6.07, 6.45) is -3.04. The summed E-state index contributed by atoms with van der Waals surface area (Å²) in [6.45, 7) is 1.52. The first-order valence-corrected chi connectivity index (χ1v) is 8.87. The maximum absolute atomic E-state index is 12.6. The smallest absolute Gasteiger partial charge is 0.417 e. The van der Waals surface area contributed by atoms with Crippen LogP contribution in [0.15, 0.2) is 30.5 Å². The summed E-state index contributed by atoms with van der Waals surface area (Å²) in [5.41, 5.74) is -0.513. The van der Waals surface area contributed by atoms with E-state index in [2.05, 4.69) is 15.6 Å². The van der Waals surface area contributed by atoms with Crippen LogP contribution in [0.5, 0.6) is 11.5 Å². The second-order valence-corrected chi connectivity index (χ2v) is 6.35. The first-order chi connectivity index (χ1) is 13.3. The van der Waals surface area contributed by atoms with Crippen LogP contribution in [-0.2, 0) is 6.18 Å². The first kappa shape index (κ1) is 20.1. The third-order valence-corrected chi connectivity index (χ3v) is 4.17. The van der Waals surface area contributed by atoms with Gasteiger partial charge in [0, 0.05) is 31.3 Å². The highest BCUT2D eigenvalue weighted by molar-refractivity contribution is 6.32. The lowest BCUT2D eigenvalue weighted by Gasteiger charge is -2.12. The summed E-state index contributed by atoms with van der Waals surface area (Å²) in [4.78, 5) is 15.9. The zero-order valence-corrected chi connectivity index (χ0v) is 15.4. The van der Waals surface area contributed by atoms with Gasteiger partial charge in [-0.1, -0.05) is 11.6 Å². The van der Waals surface area contributed by atoms with Gasteiger partial charge in [0.1, 0.15) is 5.82 Å². The van der Waals surface area contributed by atoms with E-state index in [0.29, 0.717) is 36.5 Å². The summed E-state index contributed by atoms with van der Waals surface area (Å²) in [6, 6.07) is 5.72. The van der Waals surface area contributed by atoms with E-state index >= 15 is 0 Å². The van der Waals surface area contributed by atoms with Gasteiger partial charge in [-0.05, 0) is 24.3 Å². The number of rotatable bonds is 5. The van der Waals surface area contributed by atoms with Crippen molar-refractivity contribution in [1.29, 1.82) is 0 Å². The second kappa shape index (κ2) is 8.55. The standard InChI is InChI=1S/C18H17ClF3N3O3/c19-13-9-12(18(20,21)22)10-25-16(13)23-4-5-24-17(26)11-2-3-14-15(8-11)28-7-1-6-27-14/h2-3,8-10H,1,4-7H2,(H,23,25)(H,24,26). The van der Waals surface area contributed by atoms with Crippen molar-refractivity contribution in [3.05, 3.63) is 46.6 Å². The minimum Gasteiger partial charge on any atom is -0.490 e. The van der Waals surface area contributed by atoms with Crippen LogP contribution in [0.3, 0.4) is 0 Å². The van der Waals surface area contributed by atoms with E-state index in [-0.39, 0.29) is 29.8 Å². The largest absolute Gasteiger partial charge is 0.490 e. The molecule has 10 heteroatoms. The molecule has 0 unspecified atom stereocenters. The number of benzene rings is 1. The molecule has 0 saturated heterocycles. The zero-order chi connectivity index (χ0) is 20.1. The van der Waals surface area contributed by atoms with E-state index in [0.717, 1.165) is 12.5 Å². The molecule has 1 aromatic heterocycles. The number of carbonyl (C=O) groups is 1. The molecule has 2 N–H and O–H groups in total. The van der Waals surface area contributed by atoms with Gasteiger partial charge in [0.2, 0.25) is 0 Å². The number of hydrogen-bond donors (Lipinski definition) is 2. The SMILES string of the molecule is O=C(NCCNc1ncc(C(F)(F)F)cc1Cl)c1ccc2c(c1)OCCCO2. The number of carbonyl (C=O) groups excluding carboxylic acids is 1. The maximum Gasteiger partial charge on any atom is 0.417 e. The predicted octanol–water partition coefficient (Wildman–Crippen LogP) is 3.76. The molecule has 2 heterocycles. The number of halogens is 4. The van der Waals surface area contributed by atoms with Crippen LogP contribution in [0.25, 0.3) is 0 Å². The Hall–Kier alpha value is -2.68. The fourth-order valence-electron chi connectivity index (χ4n) is 2.49. The second-order valence-electron chi connectivity index (χ2n) is 5.95. The Morgan fingerprint density at radius 2 is 1.89 bits per heavy atom. The van der Waals surface area contributed by atoms with E-state index in [9.17, 15) is 18.0 Å². The predicted molar refractivity (Wildman–Crippen MR) is 97.1 cm³/mol. The monoisotopic (exact) mass is 415 g/mol. The molecule has 1 amide bonds. The van der Waals surface area contributed by atoms with Crippen LogP contribution in [-0.4, -0.2) is 37.2 Å². The lowest BCUT2D eigenvalue weighted by Crippen LogP contribution is -2.29. The van der Waals surface area contributed by atoms with Crippen LogP contribution < -0.4 is 20.1 Å². The van der Waals surface area contributed by atoms with Crippen molar-refractivity contribution in [1.82, 2.24) is 10.3 Å². The lowest BCUT2D eigenvalue weighted by atomic mass is 10.2. The number of anilines is 1. The van der Waals surface area contributed by atoms with Crippen molar-refractivity contribution in [3.8, 4) is 11.5 Å². The van der Waals surface area contributed by atoms with Crippen molar-refractivity contribution in [2.24, 2.45) is 0 Å². The number of alkyl halides is 3. The Bertz CT molecular complexity index is 862. The van der Waals surface area contributed by atoms with Crippen LogP contribution in [0.2, 0.25) is 5.02 Å². The minimum absolute atomic E-state index is 0.111. The molecule has 0 radical (unpaired) electrons. The molecule has 0 fully saturated rings. The highest BCUT2D eigenvalue weighted by Gasteiger charge is 2.31. The molecule has 1 aliphatic heterocycles. The summed E-state index contributed by atoms with van der Waals surface area (Å²) < 4.78 is 48.9. The van der Waals surface area contributed by atoms with E-state index in [1.165, 1.54) is 0 Å². The molecular formula is C18H17ClF3N3O3. The summed E-state index contributed by atoms with van der Waals surface area (Å²) in [5.74, 6) is 0.908. The molecule has 0 saturated carbocycles. The van der Waals surface area contributed by atoms with Crippen molar-refractivity contribution in [3.63, 3.8) is 0 Å². The van der Waals surface area contributed by atoms with Gasteiger partial charge in [0.25, 0.3) is 5.91 Å². The van der Waals surface area contributed by atoms with E-state index in [1.807, 2.05) is 0 Å². The van der Waals surface area contributed by atoms with Gasteiger partial charge < -0.3 is 20.1 Å². The number of amides is 1. The zero-order valence-electron chi connectivity index (χ0n) is 14.6. The Labute approximate surface area is 164 Å². The molecule has 0 bridgehead atoms. The van der Waals surface area contributed by atoms with Crippen molar-refractivity contribution in [2.45, 2.75) is 12.6 Å². The Kier molecular flexibility index (Phi) is 6.13. The van der Waals surface area contributed by atoms with Crippen LogP contribution >= 0.6 is 11.6 Å². The molecule has 0 atom stereocenters. The number of pyridine rings is 1. The van der Waals surface area contributed by atoms with Crippen molar-refractivity contribution < 1.29 is 27.4 Å². The molecule has 3 rings (SSSR count). The minimum atomic E-state index is -4.51. The summed E-state index contributed by atoms with van der Waals surface area (Å²) in [5, 5.41) is 5.34. The number of ether oxygens (including phenoxy) is 2. The van der Waals surface area contributed by atoms with Gasteiger partial charge >= 0.3 is 6.18 Å². The Morgan fingerprint density at radius 1 is 1.14 bits per heavy atom. The maximum atomic E-state index is 12.6. The molecule has 0 spiro atoms. The molecule has 150 valence electrons. The van der Waals surface area contributed by atoms with Crippen molar-refractivity contribution >= 4 is 23.3 Å². The highest BCUT2D eigenvalue weighted by Crippen LogP contribution is 2.32. The van der Waals surface area contributed by atoms with E-state index in [4.69, 9.17) is 21.1 Å². The molecule has 6 nitrogen and oxygen atoms in total. The van der Waals surface area contributed by atoms with E-state index in [1.54, 1.807) is 18.2 Å². The number of aromatic nitrogens is 1. The topological polar surface area (TPSA) is 72.5 Å². The van der Waals surface area contributed by atoms with Gasteiger partial charge in [0.05, 0.1) is 23.8 Å². The summed E-state index contributed by atoms with van der Waals surface area (Å²) in [7, 11) is 0. The fraction of sp³-hybridized carbons (Fsp3) is 0.333. The van der Waals surface area contributed by atoms with Crippen LogP contribution in [0.4, 0.5) is 19.0 Å². The quantitative estimate of drug-likeness (QED) is 0.727. The normalized spacial score (nSPS) is 13.6. The van der Waals surface area contributed by atoms with Gasteiger partial charge in [-0.2, -0.15) is 13.2 Å². The number of fused-ring (bicyclic) bond motifs is 1. The Morgan fingerprint density at radius 3 is 2.61 bits per heavy atom. The number of hydrogen-bond acceptors (Lipinski definition) is 5. The van der Waals surface area contributed by atoms with Crippen LogP contribution in [0, 0.1) is 0 Å². The molecule has 0 aliphatic carbocycles. The highest BCUT2D eigenvalue weighted by atomic mass is 35.5. The van der Waals surface area contributed by atoms with Gasteiger partial charge in [-0.25, -0.2) is 4.98 Å². The molecule has 2 aromatic rings. The van der Waals surface area contributed by atoms with Gasteiger partial charge in [-0.3, -0.25) is 4.79 Å². The average molecular weight is 416 g/mol. The third-order valence-electron chi connectivity index (χ3n) is 3.88. The molecule has 1 aromatic carbocycles. The molecule has 1 aliphatic rings. The first-order valence-electron chi connectivity index (χ1n) is 8.49. The summed E-state index contributed by atoms with van der Waals surface area (Å²) >= 11 is 5.82. The van der Waals surface area contributed by atoms with Crippen LogP contribution in [0.1, 0.15) is 22.3 Å². The molecule has 28 heavy (non-hydrogen) atoms. The third kappa shape index (κ3) is 4.98. The van der Waals surface area contributed by atoms with E-state index < -0.39 is 11.7 Å². The molecular weight excluding hydrogens is 399 g/mol. The lowest BCUT2D eigenvalue weighted by molar-refractivity contribution is -0.137. The number of nitrogens with one attached hydrogen (secondary N) is 2. The Balaban J connectivity index is 1.51. The van der Waals surface area contributed by atoms with Gasteiger partial charge in [0.15, 0.2) is 11.5 Å². The fourth-order valence-corrected chi connectivity index (χ4v) is 2.72. The average Bonchev–Trinajstić information content (AvgIpc) is 2.90.